The fourth-order valence-corrected chi connectivity index (χ4v) is 2.89. The largest absolute Gasteiger partial charge is 0.491 e. The van der Waals surface area contributed by atoms with Crippen molar-refractivity contribution < 1.29 is 14.6 Å². The summed E-state index contributed by atoms with van der Waals surface area (Å²) in [6, 6.07) is 14.1. The van der Waals surface area contributed by atoms with Crippen LogP contribution in [0.25, 0.3) is 10.8 Å². The van der Waals surface area contributed by atoms with Gasteiger partial charge in [0.15, 0.2) is 0 Å². The summed E-state index contributed by atoms with van der Waals surface area (Å²) < 4.78 is 13.3. The van der Waals surface area contributed by atoms with Gasteiger partial charge in [-0.3, -0.25) is 0 Å². The minimum absolute atomic E-state index is 0.103. The van der Waals surface area contributed by atoms with Gasteiger partial charge >= 0.3 is 0 Å². The van der Waals surface area contributed by atoms with Gasteiger partial charge in [0.25, 0.3) is 0 Å². The van der Waals surface area contributed by atoms with E-state index in [9.17, 15) is 5.11 Å². The first-order valence-corrected chi connectivity index (χ1v) is 8.59. The molecule has 5 nitrogen and oxygen atoms in total. The van der Waals surface area contributed by atoms with Gasteiger partial charge in [0.05, 0.1) is 6.54 Å². The first-order chi connectivity index (χ1) is 12.2. The van der Waals surface area contributed by atoms with Gasteiger partial charge in [0.1, 0.15) is 30.4 Å². The van der Waals surface area contributed by atoms with E-state index in [2.05, 4.69) is 11.1 Å². The molecule has 2 atom stereocenters. The van der Waals surface area contributed by atoms with Gasteiger partial charge in [-0.15, -0.1) is 0 Å². The lowest BCUT2D eigenvalue weighted by molar-refractivity contribution is 0.0597. The third-order valence-corrected chi connectivity index (χ3v) is 4.10. The molecule has 2 aromatic carbocycles. The lowest BCUT2D eigenvalue weighted by Crippen LogP contribution is -2.25. The minimum Gasteiger partial charge on any atom is -0.491 e. The van der Waals surface area contributed by atoms with Crippen molar-refractivity contribution in [3.05, 3.63) is 60.7 Å². The second kappa shape index (κ2) is 8.14. The maximum absolute atomic E-state index is 10.3. The zero-order chi connectivity index (χ0) is 17.6. The number of nitrogens with zero attached hydrogens (tertiary/aromatic N) is 2. The highest BCUT2D eigenvalue weighted by Gasteiger charge is 2.15. The van der Waals surface area contributed by atoms with E-state index in [0.29, 0.717) is 13.2 Å². The van der Waals surface area contributed by atoms with E-state index in [-0.39, 0.29) is 12.7 Å². The third kappa shape index (κ3) is 4.38. The van der Waals surface area contributed by atoms with Gasteiger partial charge < -0.3 is 19.1 Å². The van der Waals surface area contributed by atoms with E-state index in [1.807, 2.05) is 61.0 Å². The van der Waals surface area contributed by atoms with Gasteiger partial charge in [-0.1, -0.05) is 30.3 Å². The summed E-state index contributed by atoms with van der Waals surface area (Å²) in [7, 11) is 0. The summed E-state index contributed by atoms with van der Waals surface area (Å²) in [4.78, 5) is 4.33. The Labute approximate surface area is 147 Å². The van der Waals surface area contributed by atoms with Crippen molar-refractivity contribution in [3.63, 3.8) is 0 Å². The number of imidazole rings is 1. The van der Waals surface area contributed by atoms with Crippen molar-refractivity contribution in [2.24, 2.45) is 0 Å². The average molecular weight is 340 g/mol. The van der Waals surface area contributed by atoms with Crippen LogP contribution in [0.15, 0.2) is 54.9 Å². The second-order valence-electron chi connectivity index (χ2n) is 6.01. The Morgan fingerprint density at radius 2 is 1.96 bits per heavy atom. The van der Waals surface area contributed by atoms with Crippen molar-refractivity contribution in [1.82, 2.24) is 9.55 Å². The summed E-state index contributed by atoms with van der Waals surface area (Å²) in [6.07, 6.45) is 2.84. The van der Waals surface area contributed by atoms with Crippen molar-refractivity contribution in [1.29, 1.82) is 0 Å². The van der Waals surface area contributed by atoms with Crippen molar-refractivity contribution in [2.45, 2.75) is 32.6 Å². The molecule has 2 unspecified atom stereocenters. The molecule has 5 heteroatoms. The van der Waals surface area contributed by atoms with E-state index >= 15 is 0 Å². The molecule has 0 fully saturated rings. The molecule has 3 rings (SSSR count). The highest BCUT2D eigenvalue weighted by Crippen LogP contribution is 2.21. The number of aliphatic hydroxyl groups is 1. The smallest absolute Gasteiger partial charge is 0.137 e. The number of hydrogen-bond acceptors (Lipinski definition) is 4. The maximum Gasteiger partial charge on any atom is 0.137 e. The summed E-state index contributed by atoms with van der Waals surface area (Å²) in [6.45, 7) is 5.18. The predicted molar refractivity (Wildman–Crippen MR) is 97.7 cm³/mol. The molecule has 1 heterocycles. The molecule has 0 bridgehead atoms. The first-order valence-electron chi connectivity index (χ1n) is 8.59. The zero-order valence-corrected chi connectivity index (χ0v) is 14.6. The van der Waals surface area contributed by atoms with Crippen LogP contribution < -0.4 is 4.74 Å². The van der Waals surface area contributed by atoms with Gasteiger partial charge in [-0.25, -0.2) is 4.98 Å². The summed E-state index contributed by atoms with van der Waals surface area (Å²) in [5, 5.41) is 12.6. The Kier molecular flexibility index (Phi) is 5.68. The van der Waals surface area contributed by atoms with Crippen molar-refractivity contribution in [3.8, 4) is 5.75 Å². The lowest BCUT2D eigenvalue weighted by atomic mass is 10.1. The molecular formula is C20H24N2O3. The van der Waals surface area contributed by atoms with Crippen LogP contribution in [0.4, 0.5) is 0 Å². The van der Waals surface area contributed by atoms with Crippen LogP contribution in [-0.2, 0) is 11.3 Å². The number of rotatable bonds is 8. The second-order valence-corrected chi connectivity index (χ2v) is 6.01. The Balaban J connectivity index is 1.59. The molecule has 0 spiro atoms. The number of aliphatic hydroxyl groups excluding tert-OH is 1. The molecule has 3 aromatic rings. The zero-order valence-electron chi connectivity index (χ0n) is 14.6. The Bertz CT molecular complexity index is 815. The molecule has 0 radical (unpaired) electrons. The van der Waals surface area contributed by atoms with Gasteiger partial charge in [-0.2, -0.15) is 0 Å². The molecular weight excluding hydrogens is 316 g/mol. The summed E-state index contributed by atoms with van der Waals surface area (Å²) in [5.41, 5.74) is 0. The average Bonchev–Trinajstić information content (AvgIpc) is 3.08. The molecule has 132 valence electrons. The molecule has 0 aliphatic rings. The van der Waals surface area contributed by atoms with Crippen LogP contribution in [-0.4, -0.2) is 34.0 Å². The first kappa shape index (κ1) is 17.5. The number of hydrogen-bond donors (Lipinski definition) is 1. The van der Waals surface area contributed by atoms with Crippen LogP contribution >= 0.6 is 0 Å². The molecule has 0 aliphatic carbocycles. The van der Waals surface area contributed by atoms with Gasteiger partial charge in [0.2, 0.25) is 0 Å². The van der Waals surface area contributed by atoms with E-state index < -0.39 is 6.10 Å². The Morgan fingerprint density at radius 1 is 1.16 bits per heavy atom. The third-order valence-electron chi connectivity index (χ3n) is 4.10. The summed E-state index contributed by atoms with van der Waals surface area (Å²) in [5.74, 6) is 1.57. The van der Waals surface area contributed by atoms with Crippen LogP contribution in [0.5, 0.6) is 5.75 Å². The normalized spacial score (nSPS) is 13.7. The number of aromatic nitrogens is 2. The van der Waals surface area contributed by atoms with Crippen LogP contribution in [0.2, 0.25) is 0 Å². The van der Waals surface area contributed by atoms with E-state index in [0.717, 1.165) is 17.0 Å². The Morgan fingerprint density at radius 3 is 2.76 bits per heavy atom. The predicted octanol–water partition coefficient (Wildman–Crippen LogP) is 3.57. The van der Waals surface area contributed by atoms with Crippen LogP contribution in [0.1, 0.15) is 25.8 Å². The molecule has 25 heavy (non-hydrogen) atoms. The SMILES string of the molecule is CCOC(C)c1nccn1CC(O)COc1ccc2ccccc2c1. The fourth-order valence-electron chi connectivity index (χ4n) is 2.89. The highest BCUT2D eigenvalue weighted by molar-refractivity contribution is 5.83. The maximum atomic E-state index is 10.3. The molecule has 1 N–H and O–H groups in total. The molecule has 0 aliphatic heterocycles. The molecule has 1 aromatic heterocycles. The number of fused-ring (bicyclic) bond motifs is 1. The standard InChI is InChI=1S/C20H24N2O3/c1-3-24-15(2)20-21-10-11-22(20)13-18(23)14-25-19-9-8-16-6-4-5-7-17(16)12-19/h4-12,15,18,23H,3,13-14H2,1-2H3. The number of ether oxygens (including phenoxy) is 2. The molecule has 0 saturated heterocycles. The summed E-state index contributed by atoms with van der Waals surface area (Å²) >= 11 is 0. The minimum atomic E-state index is -0.631. The van der Waals surface area contributed by atoms with E-state index in [4.69, 9.17) is 9.47 Å². The Hall–Kier alpha value is -2.37. The molecule has 0 saturated carbocycles. The van der Waals surface area contributed by atoms with Gasteiger partial charge in [0, 0.05) is 19.0 Å². The fraction of sp³-hybridized carbons (Fsp3) is 0.350. The quantitative estimate of drug-likeness (QED) is 0.681. The van der Waals surface area contributed by atoms with Crippen LogP contribution in [0.3, 0.4) is 0 Å². The van der Waals surface area contributed by atoms with E-state index in [1.54, 1.807) is 6.20 Å². The molecule has 0 amide bonds. The van der Waals surface area contributed by atoms with Crippen molar-refractivity contribution >= 4 is 10.8 Å². The van der Waals surface area contributed by atoms with Gasteiger partial charge in [-0.05, 0) is 36.8 Å². The monoisotopic (exact) mass is 340 g/mol. The lowest BCUT2D eigenvalue weighted by Gasteiger charge is -2.17. The highest BCUT2D eigenvalue weighted by atomic mass is 16.5. The number of benzene rings is 2. The van der Waals surface area contributed by atoms with E-state index in [1.165, 1.54) is 5.39 Å². The topological polar surface area (TPSA) is 56.5 Å². The van der Waals surface area contributed by atoms with Crippen LogP contribution in [0, 0.1) is 0 Å². The van der Waals surface area contributed by atoms with Crippen molar-refractivity contribution in [2.75, 3.05) is 13.2 Å².